The summed E-state index contributed by atoms with van der Waals surface area (Å²) in [7, 11) is -2.23. The maximum absolute atomic E-state index is 13.4. The van der Waals surface area contributed by atoms with Gasteiger partial charge in [-0.15, -0.1) is 0 Å². The van der Waals surface area contributed by atoms with E-state index in [-0.39, 0.29) is 4.90 Å². The van der Waals surface area contributed by atoms with Crippen molar-refractivity contribution in [3.63, 3.8) is 0 Å². The Kier molecular flexibility index (Phi) is 5.90. The smallest absolute Gasteiger partial charge is 0.246 e. The number of piperazine rings is 1. The van der Waals surface area contributed by atoms with Gasteiger partial charge >= 0.3 is 0 Å². The Bertz CT molecular complexity index is 1100. The van der Waals surface area contributed by atoms with Gasteiger partial charge in [0.2, 0.25) is 10.0 Å². The first-order chi connectivity index (χ1) is 14.5. The molecule has 1 fully saturated rings. The second kappa shape index (κ2) is 8.59. The van der Waals surface area contributed by atoms with Gasteiger partial charge in [0, 0.05) is 44.4 Å². The van der Waals surface area contributed by atoms with E-state index >= 15 is 0 Å². The maximum atomic E-state index is 13.4. The fourth-order valence-corrected chi connectivity index (χ4v) is 5.24. The second-order valence-electron chi connectivity index (χ2n) is 7.36. The van der Waals surface area contributed by atoms with Crippen LogP contribution in [0.2, 0.25) is 0 Å². The van der Waals surface area contributed by atoms with E-state index in [1.807, 2.05) is 25.1 Å². The van der Waals surface area contributed by atoms with Crippen molar-refractivity contribution in [2.24, 2.45) is 0 Å². The summed E-state index contributed by atoms with van der Waals surface area (Å²) in [5.41, 5.74) is 2.61. The molecule has 8 heteroatoms. The summed E-state index contributed by atoms with van der Waals surface area (Å²) >= 11 is 0. The Labute approximate surface area is 176 Å². The first-order valence-electron chi connectivity index (χ1n) is 9.85. The number of benzene rings is 2. The van der Waals surface area contributed by atoms with Crippen molar-refractivity contribution in [1.29, 1.82) is 0 Å². The van der Waals surface area contributed by atoms with Crippen LogP contribution in [0.3, 0.4) is 0 Å². The summed E-state index contributed by atoms with van der Waals surface area (Å²) in [5.74, 6) is 0.848. The van der Waals surface area contributed by atoms with Crippen LogP contribution in [0.15, 0.2) is 64.0 Å². The molecule has 30 heavy (non-hydrogen) atoms. The summed E-state index contributed by atoms with van der Waals surface area (Å²) in [4.78, 5) is 2.42. The molecule has 0 spiro atoms. The SMILES string of the molecule is COc1ccc(-c2cc(C)no2)cc1S(=O)(=O)N1CCN(Cc2ccccc2)CC1. The van der Waals surface area contributed by atoms with Crippen LogP contribution in [0, 0.1) is 6.92 Å². The molecule has 0 aliphatic carbocycles. The van der Waals surface area contributed by atoms with Crippen molar-refractivity contribution >= 4 is 10.0 Å². The summed E-state index contributed by atoms with van der Waals surface area (Å²) < 4.78 is 39.0. The molecule has 0 N–H and O–H groups in total. The van der Waals surface area contributed by atoms with Crippen molar-refractivity contribution in [1.82, 2.24) is 14.4 Å². The fourth-order valence-electron chi connectivity index (χ4n) is 3.64. The number of aromatic nitrogens is 1. The zero-order valence-corrected chi connectivity index (χ0v) is 17.9. The Morgan fingerprint density at radius 2 is 1.77 bits per heavy atom. The van der Waals surface area contributed by atoms with Gasteiger partial charge in [0.1, 0.15) is 10.6 Å². The molecule has 1 aromatic heterocycles. The quantitative estimate of drug-likeness (QED) is 0.602. The van der Waals surface area contributed by atoms with Gasteiger partial charge < -0.3 is 9.26 Å². The van der Waals surface area contributed by atoms with E-state index in [9.17, 15) is 8.42 Å². The largest absolute Gasteiger partial charge is 0.495 e. The molecule has 7 nitrogen and oxygen atoms in total. The molecule has 158 valence electrons. The Morgan fingerprint density at radius 1 is 1.03 bits per heavy atom. The molecule has 0 radical (unpaired) electrons. The van der Waals surface area contributed by atoms with Crippen LogP contribution in [-0.4, -0.2) is 56.1 Å². The highest BCUT2D eigenvalue weighted by Crippen LogP contribution is 2.32. The third-order valence-electron chi connectivity index (χ3n) is 5.27. The first-order valence-corrected chi connectivity index (χ1v) is 11.3. The average Bonchev–Trinajstić information content (AvgIpc) is 3.21. The van der Waals surface area contributed by atoms with Crippen LogP contribution >= 0.6 is 0 Å². The van der Waals surface area contributed by atoms with E-state index in [0.29, 0.717) is 43.3 Å². The van der Waals surface area contributed by atoms with Crippen LogP contribution in [0.1, 0.15) is 11.3 Å². The summed E-state index contributed by atoms with van der Waals surface area (Å²) in [5, 5.41) is 3.89. The number of methoxy groups -OCH3 is 1. The van der Waals surface area contributed by atoms with Gasteiger partial charge in [-0.3, -0.25) is 4.90 Å². The molecule has 2 heterocycles. The van der Waals surface area contributed by atoms with Gasteiger partial charge in [0.05, 0.1) is 12.8 Å². The molecule has 0 unspecified atom stereocenters. The molecule has 0 amide bonds. The van der Waals surface area contributed by atoms with Gasteiger partial charge in [0.25, 0.3) is 0 Å². The number of rotatable bonds is 6. The number of hydrogen-bond donors (Lipinski definition) is 0. The molecule has 2 aromatic carbocycles. The van der Waals surface area contributed by atoms with E-state index in [2.05, 4.69) is 22.2 Å². The lowest BCUT2D eigenvalue weighted by Gasteiger charge is -2.34. The second-order valence-corrected chi connectivity index (χ2v) is 9.27. The molecule has 0 bridgehead atoms. The Balaban J connectivity index is 1.53. The minimum atomic E-state index is -3.71. The van der Waals surface area contributed by atoms with Gasteiger partial charge in [-0.05, 0) is 30.7 Å². The predicted molar refractivity (Wildman–Crippen MR) is 114 cm³/mol. The van der Waals surface area contributed by atoms with Gasteiger partial charge in [-0.25, -0.2) is 8.42 Å². The fraction of sp³-hybridized carbons (Fsp3) is 0.318. The monoisotopic (exact) mass is 427 g/mol. The van der Waals surface area contributed by atoms with Crippen LogP contribution in [0.25, 0.3) is 11.3 Å². The van der Waals surface area contributed by atoms with Crippen molar-refractivity contribution in [3.8, 4) is 17.1 Å². The third kappa shape index (κ3) is 4.26. The normalized spacial score (nSPS) is 15.9. The van der Waals surface area contributed by atoms with Crippen molar-refractivity contribution in [2.75, 3.05) is 33.3 Å². The average molecular weight is 428 g/mol. The summed E-state index contributed by atoms with van der Waals surface area (Å²) in [6.07, 6.45) is 0. The number of hydrogen-bond acceptors (Lipinski definition) is 6. The van der Waals surface area contributed by atoms with Crippen LogP contribution in [-0.2, 0) is 16.6 Å². The highest BCUT2D eigenvalue weighted by Gasteiger charge is 2.31. The Morgan fingerprint density at radius 3 is 2.40 bits per heavy atom. The van der Waals surface area contributed by atoms with Crippen molar-refractivity contribution in [3.05, 3.63) is 65.9 Å². The van der Waals surface area contributed by atoms with E-state index in [0.717, 1.165) is 12.2 Å². The molecule has 3 aromatic rings. The third-order valence-corrected chi connectivity index (χ3v) is 7.19. The maximum Gasteiger partial charge on any atom is 0.246 e. The summed E-state index contributed by atoms with van der Waals surface area (Å²) in [6, 6.07) is 17.0. The molecule has 4 rings (SSSR count). The molecule has 1 aliphatic rings. The number of ether oxygens (including phenoxy) is 1. The molecule has 0 saturated carbocycles. The van der Waals surface area contributed by atoms with Crippen LogP contribution in [0.5, 0.6) is 5.75 Å². The van der Waals surface area contributed by atoms with Crippen molar-refractivity contribution in [2.45, 2.75) is 18.4 Å². The highest BCUT2D eigenvalue weighted by atomic mass is 32.2. The Hall–Kier alpha value is -2.68. The van der Waals surface area contributed by atoms with E-state index < -0.39 is 10.0 Å². The lowest BCUT2D eigenvalue weighted by atomic mass is 10.1. The molecular weight excluding hydrogens is 402 g/mol. The minimum Gasteiger partial charge on any atom is -0.495 e. The molecular formula is C22H25N3O4S. The van der Waals surface area contributed by atoms with Gasteiger partial charge in [-0.2, -0.15) is 4.31 Å². The zero-order chi connectivity index (χ0) is 21.1. The number of aryl methyl sites for hydroxylation is 1. The molecule has 1 saturated heterocycles. The van der Waals surface area contributed by atoms with E-state index in [4.69, 9.17) is 9.26 Å². The lowest BCUT2D eigenvalue weighted by molar-refractivity contribution is 0.181. The summed E-state index contributed by atoms with van der Waals surface area (Å²) in [6.45, 7) is 4.87. The molecule has 1 aliphatic heterocycles. The first kappa shape index (κ1) is 20.6. The highest BCUT2D eigenvalue weighted by molar-refractivity contribution is 7.89. The van der Waals surface area contributed by atoms with Gasteiger partial charge in [-0.1, -0.05) is 35.5 Å². The topological polar surface area (TPSA) is 75.9 Å². The van der Waals surface area contributed by atoms with Crippen LogP contribution in [0.4, 0.5) is 0 Å². The van der Waals surface area contributed by atoms with Gasteiger partial charge in [0.15, 0.2) is 5.76 Å². The number of sulfonamides is 1. The van der Waals surface area contributed by atoms with E-state index in [1.165, 1.54) is 17.0 Å². The molecule has 0 atom stereocenters. The zero-order valence-electron chi connectivity index (χ0n) is 17.1. The van der Waals surface area contributed by atoms with E-state index in [1.54, 1.807) is 24.3 Å². The van der Waals surface area contributed by atoms with Crippen LogP contribution < -0.4 is 4.74 Å². The standard InChI is InChI=1S/C22H25N3O4S/c1-17-14-21(29-23-17)19-8-9-20(28-2)22(15-19)30(26,27)25-12-10-24(11-13-25)16-18-6-4-3-5-7-18/h3-9,14-15H,10-13,16H2,1-2H3. The predicted octanol–water partition coefficient (Wildman–Crippen LogP) is 3.17. The minimum absolute atomic E-state index is 0.146. The van der Waals surface area contributed by atoms with Crippen molar-refractivity contribution < 1.29 is 17.7 Å². The lowest BCUT2D eigenvalue weighted by Crippen LogP contribution is -2.48. The number of nitrogens with zero attached hydrogens (tertiary/aromatic N) is 3.